The zero-order valence-corrected chi connectivity index (χ0v) is 15.6. The highest BCUT2D eigenvalue weighted by molar-refractivity contribution is 5.77. The van der Waals surface area contributed by atoms with E-state index in [1.165, 1.54) is 12.1 Å². The lowest BCUT2D eigenvalue weighted by atomic mass is 10.2. The first kappa shape index (κ1) is 18.7. The molecule has 3 aromatic rings. The molecule has 1 fully saturated rings. The van der Waals surface area contributed by atoms with Gasteiger partial charge in [-0.05, 0) is 26.0 Å². The average molecular weight is 391 g/mol. The molecular weight excluding hydrogens is 371 g/mol. The number of para-hydroxylation sites is 1. The van der Waals surface area contributed by atoms with Crippen molar-refractivity contribution in [3.05, 3.63) is 47.2 Å². The van der Waals surface area contributed by atoms with Gasteiger partial charge in [-0.3, -0.25) is 4.90 Å². The fourth-order valence-corrected chi connectivity index (χ4v) is 3.44. The number of hydrogen-bond donors (Lipinski definition) is 0. The maximum atomic E-state index is 13.1. The minimum atomic E-state index is -4.45. The molecule has 9 heteroatoms. The highest BCUT2D eigenvalue weighted by Gasteiger charge is 2.34. The summed E-state index contributed by atoms with van der Waals surface area (Å²) in [6.45, 7) is 7.37. The van der Waals surface area contributed by atoms with E-state index in [-0.39, 0.29) is 11.1 Å². The zero-order chi connectivity index (χ0) is 19.9. The van der Waals surface area contributed by atoms with Crippen LogP contribution in [0.3, 0.4) is 0 Å². The molecule has 0 amide bonds. The Bertz CT molecular complexity index is 993. The first-order valence-corrected chi connectivity index (χ1v) is 9.04. The SMILES string of the molecule is Cc1ncnc(N2CCN(Cc3nc4c(C(F)(F)F)cccc4o3)CC2)c1C. The molecule has 0 N–H and O–H groups in total. The third-order valence-electron chi connectivity index (χ3n) is 5.11. The number of alkyl halides is 3. The summed E-state index contributed by atoms with van der Waals surface area (Å²) < 4.78 is 45.0. The standard InChI is InChI=1S/C19H20F3N5O/c1-12-13(2)23-11-24-18(12)27-8-6-26(7-9-27)10-16-25-17-14(19(20,21)22)4-3-5-15(17)28-16/h3-5,11H,6-10H2,1-2H3. The number of anilines is 1. The van der Waals surface area contributed by atoms with Gasteiger partial charge in [0.15, 0.2) is 5.58 Å². The van der Waals surface area contributed by atoms with Crippen LogP contribution in [0.1, 0.15) is 22.7 Å². The second-order valence-electron chi connectivity index (χ2n) is 6.93. The van der Waals surface area contributed by atoms with Crippen LogP contribution in [0.5, 0.6) is 0 Å². The van der Waals surface area contributed by atoms with Crippen LogP contribution in [0.4, 0.5) is 19.0 Å². The van der Waals surface area contributed by atoms with Crippen molar-refractivity contribution in [1.29, 1.82) is 0 Å². The summed E-state index contributed by atoms with van der Waals surface area (Å²) >= 11 is 0. The number of nitrogens with zero attached hydrogens (tertiary/aromatic N) is 5. The Morgan fingerprint density at radius 2 is 1.82 bits per heavy atom. The van der Waals surface area contributed by atoms with Crippen molar-refractivity contribution in [2.45, 2.75) is 26.6 Å². The monoisotopic (exact) mass is 391 g/mol. The summed E-state index contributed by atoms with van der Waals surface area (Å²) in [6.07, 6.45) is -2.88. The summed E-state index contributed by atoms with van der Waals surface area (Å²) in [6, 6.07) is 3.88. The molecule has 0 unspecified atom stereocenters. The van der Waals surface area contributed by atoms with Gasteiger partial charge in [-0.2, -0.15) is 13.2 Å². The van der Waals surface area contributed by atoms with Crippen LogP contribution in [0.15, 0.2) is 28.9 Å². The lowest BCUT2D eigenvalue weighted by molar-refractivity contribution is -0.136. The summed E-state index contributed by atoms with van der Waals surface area (Å²) in [4.78, 5) is 17.0. The molecule has 0 radical (unpaired) electrons. The predicted octanol–water partition coefficient (Wildman–Crippen LogP) is 3.58. The maximum absolute atomic E-state index is 13.1. The van der Waals surface area contributed by atoms with E-state index < -0.39 is 11.7 Å². The number of rotatable bonds is 3. The lowest BCUT2D eigenvalue weighted by Crippen LogP contribution is -2.46. The van der Waals surface area contributed by atoms with Crippen molar-refractivity contribution >= 4 is 16.9 Å². The van der Waals surface area contributed by atoms with Crippen molar-refractivity contribution in [3.63, 3.8) is 0 Å². The molecule has 1 aromatic carbocycles. The number of piperazine rings is 1. The van der Waals surface area contributed by atoms with E-state index in [9.17, 15) is 13.2 Å². The molecule has 6 nitrogen and oxygen atoms in total. The second kappa shape index (κ2) is 7.05. The Balaban J connectivity index is 1.46. The molecule has 2 aromatic heterocycles. The number of aryl methyl sites for hydroxylation is 1. The molecule has 0 spiro atoms. The van der Waals surface area contributed by atoms with Gasteiger partial charge in [0, 0.05) is 37.4 Å². The number of fused-ring (bicyclic) bond motifs is 1. The topological polar surface area (TPSA) is 58.3 Å². The molecule has 1 saturated heterocycles. The number of hydrogen-bond acceptors (Lipinski definition) is 6. The van der Waals surface area contributed by atoms with E-state index in [4.69, 9.17) is 4.42 Å². The first-order valence-electron chi connectivity index (χ1n) is 9.04. The van der Waals surface area contributed by atoms with Crippen LogP contribution < -0.4 is 4.90 Å². The molecule has 148 valence electrons. The summed E-state index contributed by atoms with van der Waals surface area (Å²) in [5.74, 6) is 1.23. The third-order valence-corrected chi connectivity index (χ3v) is 5.11. The smallest absolute Gasteiger partial charge is 0.418 e. The second-order valence-corrected chi connectivity index (χ2v) is 6.93. The van der Waals surface area contributed by atoms with E-state index in [2.05, 4.69) is 24.8 Å². The van der Waals surface area contributed by atoms with Crippen LogP contribution in [0.25, 0.3) is 11.1 Å². The van der Waals surface area contributed by atoms with Crippen LogP contribution in [0, 0.1) is 13.8 Å². The Labute approximate surface area is 160 Å². The van der Waals surface area contributed by atoms with Gasteiger partial charge in [-0.1, -0.05) is 6.07 Å². The first-order chi connectivity index (χ1) is 13.3. The number of halogens is 3. The molecule has 0 aliphatic carbocycles. The molecule has 1 aliphatic heterocycles. The van der Waals surface area contributed by atoms with E-state index in [1.807, 2.05) is 13.8 Å². The molecule has 28 heavy (non-hydrogen) atoms. The Morgan fingerprint density at radius 3 is 2.54 bits per heavy atom. The number of oxazole rings is 1. The Hall–Kier alpha value is -2.68. The van der Waals surface area contributed by atoms with Crippen molar-refractivity contribution in [1.82, 2.24) is 19.9 Å². The van der Waals surface area contributed by atoms with Crippen LogP contribution in [-0.2, 0) is 12.7 Å². The normalized spacial score (nSPS) is 16.1. The van der Waals surface area contributed by atoms with E-state index >= 15 is 0 Å². The quantitative estimate of drug-likeness (QED) is 0.680. The van der Waals surface area contributed by atoms with Crippen LogP contribution in [-0.4, -0.2) is 46.0 Å². The van der Waals surface area contributed by atoms with Gasteiger partial charge in [0.05, 0.1) is 12.1 Å². The third kappa shape index (κ3) is 3.54. The fourth-order valence-electron chi connectivity index (χ4n) is 3.44. The Kier molecular flexibility index (Phi) is 4.70. The number of benzene rings is 1. The Morgan fingerprint density at radius 1 is 1.07 bits per heavy atom. The van der Waals surface area contributed by atoms with Gasteiger partial charge in [0.2, 0.25) is 5.89 Å². The van der Waals surface area contributed by atoms with E-state index in [1.54, 1.807) is 6.33 Å². The van der Waals surface area contributed by atoms with E-state index in [0.717, 1.165) is 49.3 Å². The van der Waals surface area contributed by atoms with Crippen molar-refractivity contribution < 1.29 is 17.6 Å². The van der Waals surface area contributed by atoms with Gasteiger partial charge in [0.25, 0.3) is 0 Å². The highest BCUT2D eigenvalue weighted by atomic mass is 19.4. The van der Waals surface area contributed by atoms with Crippen molar-refractivity contribution in [3.8, 4) is 0 Å². The van der Waals surface area contributed by atoms with Crippen LogP contribution >= 0.6 is 0 Å². The molecule has 0 atom stereocenters. The van der Waals surface area contributed by atoms with Gasteiger partial charge in [-0.25, -0.2) is 15.0 Å². The van der Waals surface area contributed by atoms with Crippen LogP contribution in [0.2, 0.25) is 0 Å². The molecule has 4 rings (SSSR count). The van der Waals surface area contributed by atoms with Crippen molar-refractivity contribution in [2.75, 3.05) is 31.1 Å². The summed E-state index contributed by atoms with van der Waals surface area (Å²) in [5, 5.41) is 0. The lowest BCUT2D eigenvalue weighted by Gasteiger charge is -2.35. The van der Waals surface area contributed by atoms with Gasteiger partial charge in [-0.15, -0.1) is 0 Å². The predicted molar refractivity (Wildman–Crippen MR) is 98.0 cm³/mol. The fraction of sp³-hybridized carbons (Fsp3) is 0.421. The maximum Gasteiger partial charge on any atom is 0.418 e. The molecule has 3 heterocycles. The summed E-state index contributed by atoms with van der Waals surface area (Å²) in [7, 11) is 0. The molecule has 1 aliphatic rings. The van der Waals surface area contributed by atoms with Crippen molar-refractivity contribution in [2.24, 2.45) is 0 Å². The molecule has 0 bridgehead atoms. The van der Waals surface area contributed by atoms with Gasteiger partial charge in [0.1, 0.15) is 17.7 Å². The summed E-state index contributed by atoms with van der Waals surface area (Å²) in [5.41, 5.74) is 1.29. The van der Waals surface area contributed by atoms with Gasteiger partial charge < -0.3 is 9.32 Å². The molecule has 0 saturated carbocycles. The minimum absolute atomic E-state index is 0.129. The molecular formula is C19H20F3N5O. The average Bonchev–Trinajstić information content (AvgIpc) is 3.06. The largest absolute Gasteiger partial charge is 0.439 e. The van der Waals surface area contributed by atoms with E-state index in [0.29, 0.717) is 12.4 Å². The minimum Gasteiger partial charge on any atom is -0.439 e. The van der Waals surface area contributed by atoms with Gasteiger partial charge >= 0.3 is 6.18 Å². The highest BCUT2D eigenvalue weighted by Crippen LogP contribution is 2.34. The number of aromatic nitrogens is 3. The zero-order valence-electron chi connectivity index (χ0n) is 15.6.